The van der Waals surface area contributed by atoms with Crippen LogP contribution in [0.25, 0.3) is 0 Å². The standard InChI is InChI=1S/C12H14N2O4/c1-14(18-2)9(15)11-3-6-4(11)8-5(11)7(3)12(6,8)13-10(16)17/h3-8,13H,1-2H3,(H,16,17). The number of hydroxylamine groups is 2. The van der Waals surface area contributed by atoms with Gasteiger partial charge in [-0.3, -0.25) is 9.63 Å². The minimum Gasteiger partial charge on any atom is -0.465 e. The quantitative estimate of drug-likeness (QED) is 0.678. The molecule has 0 radical (unpaired) electrons. The minimum absolute atomic E-state index is 0.109. The highest BCUT2D eigenvalue weighted by Gasteiger charge is 3.12. The lowest BCUT2D eigenvalue weighted by molar-refractivity contribution is -0.609. The Morgan fingerprint density at radius 1 is 1.17 bits per heavy atom. The lowest BCUT2D eigenvalue weighted by Crippen LogP contribution is -3.16. The first kappa shape index (κ1) is 9.61. The van der Waals surface area contributed by atoms with E-state index in [9.17, 15) is 9.59 Å². The molecule has 6 aliphatic carbocycles. The zero-order valence-electron chi connectivity index (χ0n) is 10.1. The van der Waals surface area contributed by atoms with Gasteiger partial charge in [0, 0.05) is 7.05 Å². The molecule has 0 bridgehead atoms. The summed E-state index contributed by atoms with van der Waals surface area (Å²) in [7, 11) is 3.17. The number of amides is 2. The number of nitrogens with one attached hydrogen (secondary N) is 1. The molecule has 0 saturated heterocycles. The maximum absolute atomic E-state index is 12.3. The van der Waals surface area contributed by atoms with E-state index in [1.807, 2.05) is 0 Å². The largest absolute Gasteiger partial charge is 0.465 e. The molecule has 2 amide bonds. The van der Waals surface area contributed by atoms with Crippen LogP contribution in [0.5, 0.6) is 0 Å². The highest BCUT2D eigenvalue weighted by atomic mass is 16.7. The molecule has 6 fully saturated rings. The van der Waals surface area contributed by atoms with Crippen molar-refractivity contribution < 1.29 is 19.5 Å². The second-order valence-electron chi connectivity index (χ2n) is 6.44. The summed E-state index contributed by atoms with van der Waals surface area (Å²) in [6, 6.07) is 0. The average molecular weight is 250 g/mol. The van der Waals surface area contributed by atoms with Gasteiger partial charge in [0.1, 0.15) is 0 Å². The van der Waals surface area contributed by atoms with Crippen LogP contribution < -0.4 is 5.32 Å². The molecule has 0 aromatic carbocycles. The fraction of sp³-hybridized carbons (Fsp3) is 0.833. The SMILES string of the molecule is CON(C)C(=O)C12C3C4C1C1C2C3C41NC(=O)O. The summed E-state index contributed by atoms with van der Waals surface area (Å²) in [6.07, 6.45) is -0.917. The predicted octanol–water partition coefficient (Wildman–Crippen LogP) is -0.236. The molecule has 6 aliphatic rings. The first-order valence-corrected chi connectivity index (χ1v) is 6.38. The van der Waals surface area contributed by atoms with Crippen LogP contribution in [0.1, 0.15) is 0 Å². The van der Waals surface area contributed by atoms with Gasteiger partial charge in [-0.1, -0.05) is 0 Å². The fourth-order valence-corrected chi connectivity index (χ4v) is 6.75. The Morgan fingerprint density at radius 2 is 1.67 bits per heavy atom. The number of carbonyl (C=O) groups excluding carboxylic acids is 1. The normalized spacial score (nSPS) is 62.1. The van der Waals surface area contributed by atoms with E-state index in [4.69, 9.17) is 9.94 Å². The van der Waals surface area contributed by atoms with Gasteiger partial charge >= 0.3 is 6.09 Å². The third-order valence-corrected chi connectivity index (χ3v) is 6.88. The predicted molar refractivity (Wildman–Crippen MR) is 57.0 cm³/mol. The van der Waals surface area contributed by atoms with E-state index in [-0.39, 0.29) is 16.9 Å². The monoisotopic (exact) mass is 250 g/mol. The fourth-order valence-electron chi connectivity index (χ4n) is 6.75. The van der Waals surface area contributed by atoms with E-state index in [0.29, 0.717) is 35.5 Å². The number of hydrogen-bond acceptors (Lipinski definition) is 3. The summed E-state index contributed by atoms with van der Waals surface area (Å²) in [5.41, 5.74) is -0.286. The molecule has 6 rings (SSSR count). The maximum Gasteiger partial charge on any atom is 0.405 e. The summed E-state index contributed by atoms with van der Waals surface area (Å²) in [4.78, 5) is 28.2. The van der Waals surface area contributed by atoms with Crippen LogP contribution in [0, 0.1) is 40.9 Å². The van der Waals surface area contributed by atoms with Crippen LogP contribution in [0.15, 0.2) is 0 Å². The smallest absolute Gasteiger partial charge is 0.405 e. The third kappa shape index (κ3) is 0.481. The molecule has 0 atom stereocenters. The Morgan fingerprint density at radius 3 is 2.06 bits per heavy atom. The Balaban J connectivity index is 1.44. The van der Waals surface area contributed by atoms with Crippen molar-refractivity contribution in [3.8, 4) is 0 Å². The summed E-state index contributed by atoms with van der Waals surface area (Å²) >= 11 is 0. The van der Waals surface area contributed by atoms with E-state index >= 15 is 0 Å². The number of carbonyl (C=O) groups is 2. The lowest BCUT2D eigenvalue weighted by Gasteiger charge is -3.09. The molecular formula is C12H14N2O4. The van der Waals surface area contributed by atoms with Gasteiger partial charge in [-0.25, -0.2) is 9.86 Å². The topological polar surface area (TPSA) is 78.9 Å². The molecule has 96 valence electrons. The number of rotatable bonds is 3. The third-order valence-electron chi connectivity index (χ3n) is 6.88. The van der Waals surface area contributed by atoms with Gasteiger partial charge in [0.2, 0.25) is 0 Å². The van der Waals surface area contributed by atoms with E-state index in [1.54, 1.807) is 7.05 Å². The van der Waals surface area contributed by atoms with Crippen LogP contribution in [0.2, 0.25) is 0 Å². The zero-order valence-corrected chi connectivity index (χ0v) is 10.1. The molecule has 0 aromatic heterocycles. The van der Waals surface area contributed by atoms with E-state index in [0.717, 1.165) is 0 Å². The number of nitrogens with zero attached hydrogens (tertiary/aromatic N) is 1. The van der Waals surface area contributed by atoms with Crippen molar-refractivity contribution >= 4 is 12.0 Å². The van der Waals surface area contributed by atoms with E-state index in [1.165, 1.54) is 12.2 Å². The van der Waals surface area contributed by atoms with Gasteiger partial charge in [0.05, 0.1) is 18.1 Å². The maximum atomic E-state index is 12.3. The van der Waals surface area contributed by atoms with E-state index < -0.39 is 6.09 Å². The van der Waals surface area contributed by atoms with Gasteiger partial charge in [-0.2, -0.15) is 0 Å². The van der Waals surface area contributed by atoms with E-state index in [2.05, 4.69) is 5.32 Å². The zero-order chi connectivity index (χ0) is 12.6. The number of carboxylic acid groups (broad SMARTS) is 1. The van der Waals surface area contributed by atoms with Crippen molar-refractivity contribution in [1.29, 1.82) is 0 Å². The summed E-state index contributed by atoms with van der Waals surface area (Å²) in [5.74, 6) is 2.68. The Labute approximate surface area is 103 Å². The molecule has 6 saturated carbocycles. The molecule has 0 spiro atoms. The van der Waals surface area contributed by atoms with Gasteiger partial charge in [-0.15, -0.1) is 0 Å². The van der Waals surface area contributed by atoms with Crippen molar-refractivity contribution in [3.63, 3.8) is 0 Å². The van der Waals surface area contributed by atoms with Crippen molar-refractivity contribution in [3.05, 3.63) is 0 Å². The van der Waals surface area contributed by atoms with Crippen LogP contribution in [-0.2, 0) is 9.63 Å². The summed E-state index contributed by atoms with van der Waals surface area (Å²) in [6.45, 7) is 0. The molecule has 0 aromatic rings. The van der Waals surface area contributed by atoms with Crippen LogP contribution in [-0.4, -0.2) is 41.9 Å². The molecule has 0 aliphatic heterocycles. The van der Waals surface area contributed by atoms with Crippen LogP contribution in [0.3, 0.4) is 0 Å². The van der Waals surface area contributed by atoms with Gasteiger partial charge in [0.15, 0.2) is 0 Å². The highest BCUT2D eigenvalue weighted by molar-refractivity contribution is 5.93. The Hall–Kier alpha value is -1.30. The second kappa shape index (κ2) is 2.15. The molecule has 0 unspecified atom stereocenters. The first-order valence-electron chi connectivity index (χ1n) is 6.38. The summed E-state index contributed by atoms with van der Waals surface area (Å²) < 4.78 is 0. The highest BCUT2D eigenvalue weighted by Crippen LogP contribution is 3.07. The van der Waals surface area contributed by atoms with Crippen molar-refractivity contribution in [2.45, 2.75) is 5.54 Å². The lowest BCUT2D eigenvalue weighted by atomic mass is 8.94. The van der Waals surface area contributed by atoms with Crippen LogP contribution in [0.4, 0.5) is 4.79 Å². The van der Waals surface area contributed by atoms with Crippen molar-refractivity contribution in [1.82, 2.24) is 10.4 Å². The van der Waals surface area contributed by atoms with Crippen LogP contribution >= 0.6 is 0 Å². The first-order chi connectivity index (χ1) is 8.54. The van der Waals surface area contributed by atoms with Gasteiger partial charge < -0.3 is 10.4 Å². The molecule has 6 heteroatoms. The molecule has 6 nitrogen and oxygen atoms in total. The Kier molecular flexibility index (Phi) is 1.15. The van der Waals surface area contributed by atoms with Crippen molar-refractivity contribution in [2.75, 3.05) is 14.2 Å². The average Bonchev–Trinajstić information content (AvgIpc) is 2.37. The molecule has 2 N–H and O–H groups in total. The van der Waals surface area contributed by atoms with Gasteiger partial charge in [-0.05, 0) is 35.5 Å². The second-order valence-corrected chi connectivity index (χ2v) is 6.44. The molecule has 0 heterocycles. The minimum atomic E-state index is -0.917. The molecule has 18 heavy (non-hydrogen) atoms. The van der Waals surface area contributed by atoms with Crippen molar-refractivity contribution in [2.24, 2.45) is 40.9 Å². The number of hydrogen-bond donors (Lipinski definition) is 2. The molecular weight excluding hydrogens is 236 g/mol. The summed E-state index contributed by atoms with van der Waals surface area (Å²) in [5, 5.41) is 13.0. The van der Waals surface area contributed by atoms with Gasteiger partial charge in [0.25, 0.3) is 5.91 Å². The Bertz CT molecular complexity index is 477.